The van der Waals surface area contributed by atoms with Gasteiger partial charge in [-0.3, -0.25) is 9.59 Å². The van der Waals surface area contributed by atoms with Crippen LogP contribution in [0.4, 0.5) is 0 Å². The molecule has 0 fully saturated rings. The van der Waals surface area contributed by atoms with Crippen molar-refractivity contribution in [3.05, 3.63) is 36.5 Å². The minimum atomic E-state index is -1.51. The molecule has 0 saturated heterocycles. The molecule has 0 aliphatic rings. The molecule has 0 rings (SSSR count). The fraction of sp³-hybridized carbons (Fsp3) is 0.800. The van der Waals surface area contributed by atoms with Crippen molar-refractivity contribution in [1.82, 2.24) is 0 Å². The Morgan fingerprint density at radius 2 is 1.02 bits per heavy atom. The zero-order valence-electron chi connectivity index (χ0n) is 35.4. The summed E-state index contributed by atoms with van der Waals surface area (Å²) in [7, 11) is 5.94. The fourth-order valence-electron chi connectivity index (χ4n) is 5.67. The maximum absolute atomic E-state index is 12.7. The minimum Gasteiger partial charge on any atom is -0.477 e. The van der Waals surface area contributed by atoms with Gasteiger partial charge in [-0.25, -0.2) is 4.79 Å². The Bertz CT molecular complexity index is 987. The molecule has 0 spiro atoms. The number of esters is 2. The molecule has 0 radical (unpaired) electrons. The Morgan fingerprint density at radius 3 is 1.54 bits per heavy atom. The molecular weight excluding hydrogens is 682 g/mol. The van der Waals surface area contributed by atoms with Crippen LogP contribution in [0.2, 0.25) is 0 Å². The highest BCUT2D eigenvalue weighted by Gasteiger charge is 2.25. The first-order chi connectivity index (χ1) is 26.1. The third-order valence-corrected chi connectivity index (χ3v) is 9.12. The van der Waals surface area contributed by atoms with E-state index in [0.29, 0.717) is 17.4 Å². The average molecular weight is 765 g/mol. The molecule has 0 amide bonds. The van der Waals surface area contributed by atoms with Gasteiger partial charge in [0.2, 0.25) is 0 Å². The van der Waals surface area contributed by atoms with Gasteiger partial charge in [-0.15, -0.1) is 0 Å². The second kappa shape index (κ2) is 37.4. The summed E-state index contributed by atoms with van der Waals surface area (Å²) in [6.45, 7) is 4.78. The highest BCUT2D eigenvalue weighted by Crippen LogP contribution is 2.13. The number of hydrogen-bond acceptors (Lipinski definition) is 7. The molecule has 2 atom stereocenters. The van der Waals surface area contributed by atoms with Crippen LogP contribution in [-0.4, -0.2) is 87.4 Å². The summed E-state index contributed by atoms with van der Waals surface area (Å²) in [6.07, 6.45) is 37.7. The summed E-state index contributed by atoms with van der Waals surface area (Å²) in [4.78, 5) is 37.0. The average Bonchev–Trinajstić information content (AvgIpc) is 3.12. The van der Waals surface area contributed by atoms with Gasteiger partial charge in [-0.1, -0.05) is 134 Å². The number of unbranched alkanes of at least 4 members (excludes halogenated alkanes) is 18. The van der Waals surface area contributed by atoms with Gasteiger partial charge in [0, 0.05) is 12.8 Å². The van der Waals surface area contributed by atoms with Crippen LogP contribution < -0.4 is 0 Å². The van der Waals surface area contributed by atoms with Crippen LogP contribution in [0.15, 0.2) is 36.5 Å². The Kier molecular flexibility index (Phi) is 35.7. The van der Waals surface area contributed by atoms with Gasteiger partial charge in [0.1, 0.15) is 13.2 Å². The molecular formula is C45H82NO8+. The van der Waals surface area contributed by atoms with Gasteiger partial charge < -0.3 is 28.5 Å². The SMILES string of the molecule is CCCC/C=C\CCCCCCCC(=O)OCC(COC(OCC[N+](C)(C)C)C(=O)O)OC(=O)CCCCCCCCC/C=C\C/C=C\CCCCCC. The number of nitrogens with zero attached hydrogens (tertiary/aromatic N) is 1. The molecule has 0 saturated carbocycles. The van der Waals surface area contributed by atoms with Crippen molar-refractivity contribution in [1.29, 1.82) is 0 Å². The minimum absolute atomic E-state index is 0.184. The van der Waals surface area contributed by atoms with E-state index in [1.54, 1.807) is 0 Å². The van der Waals surface area contributed by atoms with E-state index in [1.807, 2.05) is 21.1 Å². The molecule has 0 aromatic heterocycles. The van der Waals surface area contributed by atoms with Crippen molar-refractivity contribution in [3.63, 3.8) is 0 Å². The van der Waals surface area contributed by atoms with Crippen LogP contribution in [0.1, 0.15) is 174 Å². The lowest BCUT2D eigenvalue weighted by molar-refractivity contribution is -0.870. The number of ether oxygens (including phenoxy) is 4. The first kappa shape index (κ1) is 51.5. The van der Waals surface area contributed by atoms with Crippen molar-refractivity contribution in [2.75, 3.05) is 47.5 Å². The summed E-state index contributed by atoms with van der Waals surface area (Å²) in [5.74, 6) is -2.03. The molecule has 54 heavy (non-hydrogen) atoms. The molecule has 1 N–H and O–H groups in total. The second-order valence-corrected chi connectivity index (χ2v) is 15.6. The van der Waals surface area contributed by atoms with Crippen LogP contribution in [0.5, 0.6) is 0 Å². The van der Waals surface area contributed by atoms with Gasteiger partial charge in [-0.2, -0.15) is 0 Å². The van der Waals surface area contributed by atoms with Crippen molar-refractivity contribution in [3.8, 4) is 0 Å². The number of carbonyl (C=O) groups excluding carboxylic acids is 2. The zero-order valence-corrected chi connectivity index (χ0v) is 35.4. The Labute approximate surface area is 330 Å². The number of carboxylic acid groups (broad SMARTS) is 1. The van der Waals surface area contributed by atoms with E-state index in [9.17, 15) is 19.5 Å². The predicted molar refractivity (Wildman–Crippen MR) is 221 cm³/mol. The quantitative estimate of drug-likeness (QED) is 0.0217. The van der Waals surface area contributed by atoms with Crippen molar-refractivity contribution < 1.29 is 42.9 Å². The number of carbonyl (C=O) groups is 3. The van der Waals surface area contributed by atoms with Crippen molar-refractivity contribution in [2.45, 2.75) is 187 Å². The summed E-state index contributed by atoms with van der Waals surface area (Å²) < 4.78 is 22.7. The van der Waals surface area contributed by atoms with E-state index >= 15 is 0 Å². The Balaban J connectivity index is 4.46. The highest BCUT2D eigenvalue weighted by atomic mass is 16.7. The van der Waals surface area contributed by atoms with E-state index < -0.39 is 24.3 Å². The molecule has 0 aromatic carbocycles. The molecule has 9 nitrogen and oxygen atoms in total. The molecule has 9 heteroatoms. The van der Waals surface area contributed by atoms with Gasteiger partial charge in [0.05, 0.1) is 34.4 Å². The van der Waals surface area contributed by atoms with E-state index in [0.717, 1.165) is 77.0 Å². The summed E-state index contributed by atoms with van der Waals surface area (Å²) in [5, 5.41) is 9.61. The fourth-order valence-corrected chi connectivity index (χ4v) is 5.67. The monoisotopic (exact) mass is 765 g/mol. The van der Waals surface area contributed by atoms with E-state index in [-0.39, 0.29) is 38.6 Å². The summed E-state index contributed by atoms with van der Waals surface area (Å²) in [5.41, 5.74) is 0. The molecule has 0 aromatic rings. The largest absolute Gasteiger partial charge is 0.477 e. The number of aliphatic carboxylic acids is 1. The third-order valence-electron chi connectivity index (χ3n) is 9.12. The summed E-state index contributed by atoms with van der Waals surface area (Å²) >= 11 is 0. The molecule has 0 heterocycles. The molecule has 314 valence electrons. The second-order valence-electron chi connectivity index (χ2n) is 15.6. The number of carboxylic acids is 1. The van der Waals surface area contributed by atoms with E-state index in [1.165, 1.54) is 64.2 Å². The van der Waals surface area contributed by atoms with E-state index in [4.69, 9.17) is 18.9 Å². The Hall–Kier alpha value is -2.49. The first-order valence-corrected chi connectivity index (χ1v) is 21.7. The number of likely N-dealkylation sites (N-methyl/N-ethyl adjacent to an activating group) is 1. The van der Waals surface area contributed by atoms with Crippen molar-refractivity contribution >= 4 is 17.9 Å². The third kappa shape index (κ3) is 37.8. The van der Waals surface area contributed by atoms with Gasteiger partial charge >= 0.3 is 17.9 Å². The maximum atomic E-state index is 12.7. The lowest BCUT2D eigenvalue weighted by Gasteiger charge is -2.25. The molecule has 0 aliphatic carbocycles. The summed E-state index contributed by atoms with van der Waals surface area (Å²) in [6, 6.07) is 0. The van der Waals surface area contributed by atoms with Crippen LogP contribution >= 0.6 is 0 Å². The van der Waals surface area contributed by atoms with Crippen LogP contribution in [0.25, 0.3) is 0 Å². The number of rotatable bonds is 39. The predicted octanol–water partition coefficient (Wildman–Crippen LogP) is 11.1. The van der Waals surface area contributed by atoms with Gasteiger partial charge in [0.15, 0.2) is 6.10 Å². The van der Waals surface area contributed by atoms with Crippen molar-refractivity contribution in [2.24, 2.45) is 0 Å². The maximum Gasteiger partial charge on any atom is 0.361 e. The zero-order chi connectivity index (χ0) is 40.0. The molecule has 0 aliphatic heterocycles. The van der Waals surface area contributed by atoms with Crippen LogP contribution in [0, 0.1) is 0 Å². The van der Waals surface area contributed by atoms with Crippen LogP contribution in [0.3, 0.4) is 0 Å². The van der Waals surface area contributed by atoms with Crippen LogP contribution in [-0.2, 0) is 33.3 Å². The van der Waals surface area contributed by atoms with Gasteiger partial charge in [0.25, 0.3) is 6.29 Å². The smallest absolute Gasteiger partial charge is 0.361 e. The number of quaternary nitrogens is 1. The molecule has 0 bridgehead atoms. The lowest BCUT2D eigenvalue weighted by atomic mass is 10.1. The standard InChI is InChI=1S/C45H81NO8/c1-6-8-10-12-14-16-18-19-20-21-22-23-24-26-28-30-32-34-36-43(48)54-41(40-53-45(44(49)50)51-38-37-46(3,4)5)39-52-42(47)35-33-31-29-27-25-17-15-13-11-9-7-2/h13,15-16,18,20-21,41,45H,6-12,14,17,19,22-40H2,1-5H3/p+1/b15-13-,18-16-,21-20-. The lowest BCUT2D eigenvalue weighted by Crippen LogP contribution is -2.40. The first-order valence-electron chi connectivity index (χ1n) is 21.7. The Morgan fingerprint density at radius 1 is 0.556 bits per heavy atom. The number of allylic oxidation sites excluding steroid dienone is 6. The van der Waals surface area contributed by atoms with E-state index in [2.05, 4.69) is 50.3 Å². The highest BCUT2D eigenvalue weighted by molar-refractivity contribution is 5.71. The number of hydrogen-bond donors (Lipinski definition) is 1. The molecule has 2 unspecified atom stereocenters. The van der Waals surface area contributed by atoms with Gasteiger partial charge in [-0.05, 0) is 64.2 Å². The normalized spacial score (nSPS) is 13.3. The topological polar surface area (TPSA) is 108 Å².